The summed E-state index contributed by atoms with van der Waals surface area (Å²) < 4.78 is 0. The lowest BCUT2D eigenvalue weighted by Crippen LogP contribution is -2.26. The first-order valence-corrected chi connectivity index (χ1v) is 5.83. The molecule has 0 saturated carbocycles. The van der Waals surface area contributed by atoms with E-state index in [2.05, 4.69) is 10.6 Å². The summed E-state index contributed by atoms with van der Waals surface area (Å²) in [5, 5.41) is 5.42. The van der Waals surface area contributed by atoms with Crippen LogP contribution in [0.15, 0.2) is 23.1 Å². The first-order chi connectivity index (χ1) is 7.56. The number of rotatable bonds is 1. The third kappa shape index (κ3) is 2.19. The van der Waals surface area contributed by atoms with E-state index < -0.39 is 0 Å². The Morgan fingerprint density at radius 1 is 1.50 bits per heavy atom. The van der Waals surface area contributed by atoms with Crippen LogP contribution >= 0.6 is 11.8 Å². The van der Waals surface area contributed by atoms with Crippen molar-refractivity contribution in [2.45, 2.75) is 24.0 Å². The van der Waals surface area contributed by atoms with Crippen molar-refractivity contribution in [2.24, 2.45) is 0 Å². The molecule has 0 aromatic heterocycles. The van der Waals surface area contributed by atoms with Gasteiger partial charge in [0.15, 0.2) is 0 Å². The number of anilines is 2. The van der Waals surface area contributed by atoms with Gasteiger partial charge in [-0.3, -0.25) is 9.59 Å². The Bertz CT molecular complexity index is 459. The maximum absolute atomic E-state index is 11.5. The molecule has 4 nitrogen and oxygen atoms in total. The fourth-order valence-electron chi connectivity index (χ4n) is 1.49. The Labute approximate surface area is 97.8 Å². The van der Waals surface area contributed by atoms with Gasteiger partial charge >= 0.3 is 0 Å². The van der Waals surface area contributed by atoms with E-state index in [0.29, 0.717) is 5.69 Å². The molecule has 0 bridgehead atoms. The largest absolute Gasteiger partial charge is 0.326 e. The molecule has 1 atom stereocenters. The van der Waals surface area contributed by atoms with Crippen molar-refractivity contribution in [3.63, 3.8) is 0 Å². The lowest BCUT2D eigenvalue weighted by atomic mass is 10.2. The zero-order valence-electron chi connectivity index (χ0n) is 9.03. The second-order valence-corrected chi connectivity index (χ2v) is 5.02. The van der Waals surface area contributed by atoms with Crippen LogP contribution in [-0.4, -0.2) is 17.1 Å². The minimum Gasteiger partial charge on any atom is -0.326 e. The van der Waals surface area contributed by atoms with Crippen LogP contribution in [0.5, 0.6) is 0 Å². The van der Waals surface area contributed by atoms with Gasteiger partial charge in [0.2, 0.25) is 11.8 Å². The van der Waals surface area contributed by atoms with E-state index in [1.807, 2.05) is 19.1 Å². The van der Waals surface area contributed by atoms with Gasteiger partial charge in [-0.05, 0) is 25.1 Å². The molecule has 1 unspecified atom stereocenters. The van der Waals surface area contributed by atoms with Crippen LogP contribution in [0.3, 0.4) is 0 Å². The van der Waals surface area contributed by atoms with Crippen LogP contribution in [0, 0.1) is 0 Å². The summed E-state index contributed by atoms with van der Waals surface area (Å²) in [6.07, 6.45) is 0. The summed E-state index contributed by atoms with van der Waals surface area (Å²) in [5.41, 5.74) is 1.46. The average Bonchev–Trinajstić information content (AvgIpc) is 2.19. The summed E-state index contributed by atoms with van der Waals surface area (Å²) in [5.74, 6) is -0.124. The maximum atomic E-state index is 11.5. The van der Waals surface area contributed by atoms with E-state index in [4.69, 9.17) is 0 Å². The lowest BCUT2D eigenvalue weighted by Gasteiger charge is -2.21. The minimum absolute atomic E-state index is 0.00234. The quantitative estimate of drug-likeness (QED) is 0.784. The normalized spacial score (nSPS) is 18.6. The monoisotopic (exact) mass is 236 g/mol. The molecule has 1 aliphatic rings. The Balaban J connectivity index is 2.29. The SMILES string of the molecule is CC(=O)Nc1ccc2c(c1)NC(=O)C(C)S2. The smallest absolute Gasteiger partial charge is 0.237 e. The van der Waals surface area contributed by atoms with Crippen LogP contribution in [0.4, 0.5) is 11.4 Å². The molecule has 5 heteroatoms. The maximum Gasteiger partial charge on any atom is 0.237 e. The molecule has 0 aliphatic carbocycles. The molecule has 16 heavy (non-hydrogen) atoms. The molecule has 0 radical (unpaired) electrons. The second kappa shape index (κ2) is 4.17. The topological polar surface area (TPSA) is 58.2 Å². The zero-order chi connectivity index (χ0) is 11.7. The number of benzene rings is 1. The van der Waals surface area contributed by atoms with E-state index in [-0.39, 0.29) is 17.1 Å². The van der Waals surface area contributed by atoms with Crippen molar-refractivity contribution in [3.8, 4) is 0 Å². The molecule has 2 N–H and O–H groups in total. The number of fused-ring (bicyclic) bond motifs is 1. The molecule has 0 fully saturated rings. The molecule has 1 aliphatic heterocycles. The minimum atomic E-state index is -0.122. The first-order valence-electron chi connectivity index (χ1n) is 4.95. The predicted octanol–water partition coefficient (Wildman–Crippen LogP) is 2.08. The van der Waals surface area contributed by atoms with Crippen LogP contribution in [-0.2, 0) is 9.59 Å². The van der Waals surface area contributed by atoms with Gasteiger partial charge in [-0.25, -0.2) is 0 Å². The highest BCUT2D eigenvalue weighted by atomic mass is 32.2. The van der Waals surface area contributed by atoms with Gasteiger partial charge in [-0.15, -0.1) is 11.8 Å². The van der Waals surface area contributed by atoms with Crippen LogP contribution in [0.2, 0.25) is 0 Å². The molecule has 1 heterocycles. The van der Waals surface area contributed by atoms with Gasteiger partial charge in [-0.2, -0.15) is 0 Å². The van der Waals surface area contributed by atoms with Crippen LogP contribution in [0.25, 0.3) is 0 Å². The lowest BCUT2D eigenvalue weighted by molar-refractivity contribution is -0.115. The number of amides is 2. The fraction of sp³-hybridized carbons (Fsp3) is 0.273. The average molecular weight is 236 g/mol. The molecule has 2 rings (SSSR count). The van der Waals surface area contributed by atoms with E-state index in [1.54, 1.807) is 6.07 Å². The summed E-state index contributed by atoms with van der Waals surface area (Å²) in [6.45, 7) is 3.32. The van der Waals surface area contributed by atoms with Crippen molar-refractivity contribution in [3.05, 3.63) is 18.2 Å². The van der Waals surface area contributed by atoms with E-state index in [9.17, 15) is 9.59 Å². The van der Waals surface area contributed by atoms with Crippen LogP contribution in [0.1, 0.15) is 13.8 Å². The van der Waals surface area contributed by atoms with E-state index in [0.717, 1.165) is 10.6 Å². The van der Waals surface area contributed by atoms with Crippen molar-refractivity contribution in [2.75, 3.05) is 10.6 Å². The third-order valence-corrected chi connectivity index (χ3v) is 3.41. The number of carbonyl (C=O) groups excluding carboxylic acids is 2. The van der Waals surface area contributed by atoms with Crippen molar-refractivity contribution in [1.82, 2.24) is 0 Å². The molecular weight excluding hydrogens is 224 g/mol. The third-order valence-electron chi connectivity index (χ3n) is 2.23. The molecule has 0 spiro atoms. The highest BCUT2D eigenvalue weighted by Crippen LogP contribution is 2.36. The van der Waals surface area contributed by atoms with Gasteiger partial charge in [0, 0.05) is 17.5 Å². The van der Waals surface area contributed by atoms with Gasteiger partial charge in [0.25, 0.3) is 0 Å². The van der Waals surface area contributed by atoms with E-state index >= 15 is 0 Å². The molecular formula is C11H12N2O2S. The number of nitrogens with one attached hydrogen (secondary N) is 2. The van der Waals surface area contributed by atoms with Gasteiger partial charge in [-0.1, -0.05) is 0 Å². The van der Waals surface area contributed by atoms with E-state index in [1.165, 1.54) is 18.7 Å². The summed E-state index contributed by atoms with van der Waals surface area (Å²) in [4.78, 5) is 23.4. The number of carbonyl (C=O) groups is 2. The van der Waals surface area contributed by atoms with Gasteiger partial charge in [0.05, 0.1) is 10.9 Å². The number of thioether (sulfide) groups is 1. The zero-order valence-corrected chi connectivity index (χ0v) is 9.85. The predicted molar refractivity (Wildman–Crippen MR) is 64.7 cm³/mol. The summed E-state index contributed by atoms with van der Waals surface area (Å²) in [6, 6.07) is 5.51. The Morgan fingerprint density at radius 3 is 2.94 bits per heavy atom. The van der Waals surface area contributed by atoms with Crippen molar-refractivity contribution < 1.29 is 9.59 Å². The summed E-state index contributed by atoms with van der Waals surface area (Å²) >= 11 is 1.52. The number of hydrogen-bond acceptors (Lipinski definition) is 3. The van der Waals surface area contributed by atoms with Crippen LogP contribution < -0.4 is 10.6 Å². The Hall–Kier alpha value is -1.49. The molecule has 2 amide bonds. The standard InChI is InChI=1S/C11H12N2O2S/c1-6-11(15)13-9-5-8(12-7(2)14)3-4-10(9)16-6/h3-6H,1-2H3,(H,12,14)(H,13,15). The molecule has 84 valence electrons. The van der Waals surface area contributed by atoms with Gasteiger partial charge in [0.1, 0.15) is 0 Å². The Morgan fingerprint density at radius 2 is 2.25 bits per heavy atom. The highest BCUT2D eigenvalue weighted by Gasteiger charge is 2.22. The Kier molecular flexibility index (Phi) is 2.87. The summed E-state index contributed by atoms with van der Waals surface area (Å²) in [7, 11) is 0. The van der Waals surface area contributed by atoms with Crippen molar-refractivity contribution >= 4 is 35.0 Å². The highest BCUT2D eigenvalue weighted by molar-refractivity contribution is 8.00. The second-order valence-electron chi connectivity index (χ2n) is 3.64. The molecule has 1 aromatic carbocycles. The van der Waals surface area contributed by atoms with Crippen molar-refractivity contribution in [1.29, 1.82) is 0 Å². The van der Waals surface area contributed by atoms with Gasteiger partial charge < -0.3 is 10.6 Å². The molecule has 0 saturated heterocycles. The molecule has 1 aromatic rings. The fourth-order valence-corrected chi connectivity index (χ4v) is 2.42. The first kappa shape index (κ1) is 11.0. The number of hydrogen-bond donors (Lipinski definition) is 2.